The number of halogens is 2. The van der Waals surface area contributed by atoms with Gasteiger partial charge in [-0.05, 0) is 11.8 Å². The minimum absolute atomic E-state index is 0. The molecule has 4 heteroatoms. The van der Waals surface area contributed by atoms with Gasteiger partial charge in [-0.3, -0.25) is 0 Å². The van der Waals surface area contributed by atoms with Crippen LogP contribution in [0.5, 0.6) is 0 Å². The Morgan fingerprint density at radius 2 is 0.933 bits per heavy atom. The van der Waals surface area contributed by atoms with Crippen LogP contribution in [0.15, 0.2) is 72.8 Å². The van der Waals surface area contributed by atoms with E-state index in [-0.39, 0.29) is 39.7 Å². The van der Waals surface area contributed by atoms with Crippen molar-refractivity contribution in [2.24, 2.45) is 0 Å². The van der Waals surface area contributed by atoms with Gasteiger partial charge >= 0.3 is 30.2 Å². The van der Waals surface area contributed by atoms with Crippen molar-refractivity contribution >= 4 is 28.4 Å². The summed E-state index contributed by atoms with van der Waals surface area (Å²) in [6, 6.07) is 26.1. The van der Waals surface area contributed by atoms with Gasteiger partial charge in [0.15, 0.2) is 0 Å². The third-order valence-electron chi connectivity index (χ3n) is 4.61. The van der Waals surface area contributed by atoms with Crippen molar-refractivity contribution < 1.29 is 48.1 Å². The second-order valence-electron chi connectivity index (χ2n) is 7.14. The second-order valence-corrected chi connectivity index (χ2v) is 7.14. The SMILES string of the molecule is CC(C)c1cc2ccccc2[cH-]1.CC(C)c1cc2ccccc2[cH-]1.[CH3-].[CH3-].[Cl-].[Cl-].[Si]=[Zr]. The van der Waals surface area contributed by atoms with Gasteiger partial charge in [0.05, 0.1) is 0 Å². The summed E-state index contributed by atoms with van der Waals surface area (Å²) in [5, 5.41) is 5.45. The zero-order valence-corrected chi connectivity index (χ0v) is 23.8. The molecule has 164 valence electrons. The third kappa shape index (κ3) is 9.23. The minimum atomic E-state index is 0. The van der Waals surface area contributed by atoms with Gasteiger partial charge in [-0.15, -0.1) is 81.2 Å². The molecule has 0 nitrogen and oxygen atoms in total. The van der Waals surface area contributed by atoms with E-state index in [1.54, 1.807) is 0 Å². The molecule has 0 atom stereocenters. The van der Waals surface area contributed by atoms with Crippen molar-refractivity contribution in [3.05, 3.63) is 98.8 Å². The Hall–Kier alpha value is -0.660. The van der Waals surface area contributed by atoms with Crippen molar-refractivity contribution in [1.29, 1.82) is 0 Å². The number of benzene rings is 2. The van der Waals surface area contributed by atoms with Crippen LogP contribution in [0.25, 0.3) is 21.5 Å². The molecule has 4 aromatic rings. The molecule has 0 bridgehead atoms. The summed E-state index contributed by atoms with van der Waals surface area (Å²) < 4.78 is 0. The maximum atomic E-state index is 3.06. The first-order valence-corrected chi connectivity index (χ1v) is 13.3. The molecule has 0 N–H and O–H groups in total. The average Bonchev–Trinajstić information content (AvgIpc) is 3.28. The normalized spacial score (nSPS) is 9.10. The summed E-state index contributed by atoms with van der Waals surface area (Å²) in [7, 11) is 0. The third-order valence-corrected chi connectivity index (χ3v) is 4.61. The number of hydrogen-bond acceptors (Lipinski definition) is 0. The first-order chi connectivity index (χ1) is 12.5. The van der Waals surface area contributed by atoms with Gasteiger partial charge in [0, 0.05) is 0 Å². The van der Waals surface area contributed by atoms with E-state index in [0.717, 1.165) is 0 Å². The molecule has 2 radical (unpaired) electrons. The molecule has 0 heterocycles. The predicted molar refractivity (Wildman–Crippen MR) is 126 cm³/mol. The Morgan fingerprint density at radius 3 is 1.20 bits per heavy atom. The Balaban J connectivity index is -0.000000400. The van der Waals surface area contributed by atoms with Gasteiger partial charge in [-0.1, -0.05) is 39.8 Å². The Kier molecular flexibility index (Phi) is 19.2. The van der Waals surface area contributed by atoms with Gasteiger partial charge in [0.1, 0.15) is 0 Å². The van der Waals surface area contributed by atoms with Crippen molar-refractivity contribution in [1.82, 2.24) is 0 Å². The van der Waals surface area contributed by atoms with Gasteiger partial charge < -0.3 is 39.7 Å². The molecule has 0 aliphatic rings. The molecule has 4 aromatic carbocycles. The summed E-state index contributed by atoms with van der Waals surface area (Å²) >= 11 is 1.36. The van der Waals surface area contributed by atoms with Crippen LogP contribution in [0.1, 0.15) is 50.7 Å². The number of rotatable bonds is 2. The monoisotopic (exact) mass is 532 g/mol. The van der Waals surface area contributed by atoms with E-state index in [4.69, 9.17) is 0 Å². The van der Waals surface area contributed by atoms with Gasteiger partial charge in [-0.2, -0.15) is 12.1 Å². The fourth-order valence-electron chi connectivity index (χ4n) is 3.02. The van der Waals surface area contributed by atoms with Gasteiger partial charge in [0.25, 0.3) is 0 Å². The molecular weight excluding hydrogens is 503 g/mol. The van der Waals surface area contributed by atoms with Crippen LogP contribution in [0.3, 0.4) is 0 Å². The number of hydrogen-bond donors (Lipinski definition) is 0. The molecule has 0 aliphatic carbocycles. The van der Waals surface area contributed by atoms with E-state index < -0.39 is 0 Å². The topological polar surface area (TPSA) is 0 Å². The summed E-state index contributed by atoms with van der Waals surface area (Å²) in [4.78, 5) is 0. The van der Waals surface area contributed by atoms with E-state index in [2.05, 4.69) is 107 Å². The van der Waals surface area contributed by atoms with Crippen LogP contribution in [0.4, 0.5) is 0 Å². The number of fused-ring (bicyclic) bond motifs is 2. The van der Waals surface area contributed by atoms with E-state index in [9.17, 15) is 0 Å². The molecule has 0 saturated carbocycles. The molecule has 30 heavy (non-hydrogen) atoms. The van der Waals surface area contributed by atoms with Crippen LogP contribution in [-0.4, -0.2) is 6.88 Å². The summed E-state index contributed by atoms with van der Waals surface area (Å²) in [5.74, 6) is 1.27. The average molecular weight is 535 g/mol. The van der Waals surface area contributed by atoms with Crippen LogP contribution in [-0.2, 0) is 23.3 Å². The Bertz CT molecular complexity index is 810. The Labute approximate surface area is 213 Å². The summed E-state index contributed by atoms with van der Waals surface area (Å²) in [6.07, 6.45) is 0. The zero-order chi connectivity index (χ0) is 19.1. The second kappa shape index (κ2) is 17.0. The molecule has 0 saturated heterocycles. The summed E-state index contributed by atoms with van der Waals surface area (Å²) in [5.41, 5.74) is 2.88. The maximum absolute atomic E-state index is 3.06. The molecule has 0 aromatic heterocycles. The van der Waals surface area contributed by atoms with Crippen LogP contribution in [0, 0.1) is 14.9 Å². The Morgan fingerprint density at radius 1 is 0.633 bits per heavy atom. The molecule has 4 rings (SSSR count). The summed E-state index contributed by atoms with van der Waals surface area (Å²) in [6.45, 7) is 12.0. The molecule has 0 amide bonds. The van der Waals surface area contributed by atoms with Crippen LogP contribution < -0.4 is 24.8 Å². The standard InChI is InChI=1S/2C12H13.2CH3.2ClH.Si.Zr/c2*1-9(2)12-7-10-5-3-4-6-11(10)8-12;;;;;;/h2*3-9H,1-2H3;2*1H3;2*1H;;/q4*-1;;;;/p-2. The van der Waals surface area contributed by atoms with Crippen molar-refractivity contribution in [3.63, 3.8) is 0 Å². The van der Waals surface area contributed by atoms with Gasteiger partial charge in [0.2, 0.25) is 0 Å². The van der Waals surface area contributed by atoms with Crippen molar-refractivity contribution in [2.75, 3.05) is 0 Å². The van der Waals surface area contributed by atoms with Crippen LogP contribution >= 0.6 is 0 Å². The predicted octanol–water partition coefficient (Wildman–Crippen LogP) is 1.89. The van der Waals surface area contributed by atoms with Crippen molar-refractivity contribution in [2.45, 2.75) is 39.5 Å². The first kappa shape index (κ1) is 34.0. The fraction of sp³-hybridized carbons (Fsp3) is 0.231. The molecule has 0 aliphatic heterocycles. The zero-order valence-electron chi connectivity index (χ0n) is 18.8. The molecule has 0 fully saturated rings. The van der Waals surface area contributed by atoms with Gasteiger partial charge in [-0.25, -0.2) is 0 Å². The quantitative estimate of drug-likeness (QED) is 0.272. The first-order valence-electron chi connectivity index (χ1n) is 9.10. The molecule has 0 unspecified atom stereocenters. The van der Waals surface area contributed by atoms with Crippen LogP contribution in [0.2, 0.25) is 0 Å². The van der Waals surface area contributed by atoms with E-state index in [0.29, 0.717) is 11.8 Å². The van der Waals surface area contributed by atoms with E-state index >= 15 is 0 Å². The molecular formula is C26H32Cl2SiZr-6. The van der Waals surface area contributed by atoms with E-state index in [1.165, 1.54) is 56.0 Å². The van der Waals surface area contributed by atoms with E-state index in [1.807, 2.05) is 0 Å². The molecule has 0 spiro atoms. The fourth-order valence-corrected chi connectivity index (χ4v) is 3.02. The van der Waals surface area contributed by atoms with Crippen molar-refractivity contribution in [3.8, 4) is 0 Å².